The predicted octanol–water partition coefficient (Wildman–Crippen LogP) is 4.47. The number of halogens is 3. The van der Waals surface area contributed by atoms with Crippen LogP contribution in [0.4, 0.5) is 8.78 Å². The Morgan fingerprint density at radius 2 is 2.10 bits per heavy atom. The highest BCUT2D eigenvalue weighted by Gasteiger charge is 2.29. The van der Waals surface area contributed by atoms with Crippen molar-refractivity contribution in [3.63, 3.8) is 0 Å². The van der Waals surface area contributed by atoms with Crippen LogP contribution in [-0.4, -0.2) is 12.7 Å². The molecule has 1 aromatic rings. The van der Waals surface area contributed by atoms with E-state index in [0.29, 0.717) is 35.0 Å². The van der Waals surface area contributed by atoms with Gasteiger partial charge in [-0.15, -0.1) is 0 Å². The Kier molecular flexibility index (Phi) is 5.22. The third-order valence-electron chi connectivity index (χ3n) is 4.26. The van der Waals surface area contributed by atoms with Crippen LogP contribution >= 0.6 is 11.6 Å². The Morgan fingerprint density at radius 1 is 1.35 bits per heavy atom. The summed E-state index contributed by atoms with van der Waals surface area (Å²) < 4.78 is 29.3. The minimum Gasteiger partial charge on any atom is -0.434 e. The Labute approximate surface area is 123 Å². The van der Waals surface area contributed by atoms with Gasteiger partial charge in [0, 0.05) is 23.2 Å². The molecule has 0 saturated heterocycles. The molecule has 0 spiro atoms. The summed E-state index contributed by atoms with van der Waals surface area (Å²) in [6.07, 6.45) is 2.32. The molecule has 0 radical (unpaired) electrons. The lowest BCUT2D eigenvalue weighted by atomic mass is 9.97. The van der Waals surface area contributed by atoms with E-state index in [1.807, 2.05) is 0 Å². The number of alkyl halides is 2. The third-order valence-corrected chi connectivity index (χ3v) is 4.49. The summed E-state index contributed by atoms with van der Waals surface area (Å²) in [7, 11) is 0. The summed E-state index contributed by atoms with van der Waals surface area (Å²) in [4.78, 5) is 0. The predicted molar refractivity (Wildman–Crippen MR) is 76.3 cm³/mol. The molecule has 0 aromatic heterocycles. The molecule has 1 saturated carbocycles. The largest absolute Gasteiger partial charge is 0.434 e. The fraction of sp³-hybridized carbons (Fsp3) is 0.600. The molecule has 3 atom stereocenters. The van der Waals surface area contributed by atoms with Gasteiger partial charge in [-0.25, -0.2) is 0 Å². The van der Waals surface area contributed by atoms with E-state index in [1.54, 1.807) is 12.1 Å². The Hall–Kier alpha value is -0.870. The number of benzene rings is 1. The summed E-state index contributed by atoms with van der Waals surface area (Å²) in [5.41, 5.74) is 0.671. The van der Waals surface area contributed by atoms with Gasteiger partial charge in [0.05, 0.1) is 0 Å². The Bertz CT molecular complexity index is 455. The van der Waals surface area contributed by atoms with Gasteiger partial charge in [0.1, 0.15) is 5.75 Å². The van der Waals surface area contributed by atoms with Crippen LogP contribution in [0, 0.1) is 11.8 Å². The van der Waals surface area contributed by atoms with Crippen molar-refractivity contribution in [2.24, 2.45) is 11.8 Å². The first-order valence-corrected chi connectivity index (χ1v) is 7.31. The SMILES string of the molecule is CC1CCC(NCc2cc(Cl)ccc2OC(F)F)C1C. The highest BCUT2D eigenvalue weighted by Crippen LogP contribution is 2.32. The van der Waals surface area contributed by atoms with Crippen LogP contribution in [-0.2, 0) is 6.54 Å². The fourth-order valence-corrected chi connectivity index (χ4v) is 2.99. The maximum absolute atomic E-state index is 12.4. The topological polar surface area (TPSA) is 21.3 Å². The molecule has 5 heteroatoms. The van der Waals surface area contributed by atoms with Gasteiger partial charge < -0.3 is 10.1 Å². The maximum Gasteiger partial charge on any atom is 0.387 e. The second kappa shape index (κ2) is 6.72. The van der Waals surface area contributed by atoms with Gasteiger partial charge in [0.15, 0.2) is 0 Å². The van der Waals surface area contributed by atoms with Crippen LogP contribution in [0.3, 0.4) is 0 Å². The smallest absolute Gasteiger partial charge is 0.387 e. The minimum atomic E-state index is -2.82. The van der Waals surface area contributed by atoms with Crippen molar-refractivity contribution in [2.45, 2.75) is 45.9 Å². The molecule has 20 heavy (non-hydrogen) atoms. The van der Waals surface area contributed by atoms with Crippen LogP contribution in [0.1, 0.15) is 32.3 Å². The summed E-state index contributed by atoms with van der Waals surface area (Å²) >= 11 is 5.93. The van der Waals surface area contributed by atoms with E-state index in [4.69, 9.17) is 11.6 Å². The standard InChI is InChI=1S/C15H20ClF2NO/c1-9-3-5-13(10(9)2)19-8-11-7-12(16)4-6-14(11)20-15(17)18/h4,6-7,9-10,13,15,19H,3,5,8H2,1-2H3. The van der Waals surface area contributed by atoms with Gasteiger partial charge in [-0.1, -0.05) is 25.4 Å². The van der Waals surface area contributed by atoms with Crippen molar-refractivity contribution >= 4 is 11.6 Å². The molecule has 0 aliphatic heterocycles. The second-order valence-electron chi connectivity index (χ2n) is 5.53. The molecule has 0 bridgehead atoms. The molecule has 3 unspecified atom stereocenters. The maximum atomic E-state index is 12.4. The zero-order valence-electron chi connectivity index (χ0n) is 11.7. The molecule has 1 aromatic carbocycles. The molecule has 2 rings (SSSR count). The van der Waals surface area contributed by atoms with Gasteiger partial charge >= 0.3 is 6.61 Å². The molecule has 1 fully saturated rings. The van der Waals surface area contributed by atoms with Crippen molar-refractivity contribution in [3.05, 3.63) is 28.8 Å². The van der Waals surface area contributed by atoms with Crippen LogP contribution in [0.2, 0.25) is 5.02 Å². The summed E-state index contributed by atoms with van der Waals surface area (Å²) in [6, 6.07) is 5.15. The lowest BCUT2D eigenvalue weighted by molar-refractivity contribution is -0.0505. The fourth-order valence-electron chi connectivity index (χ4n) is 2.79. The molecule has 1 N–H and O–H groups in total. The number of nitrogens with one attached hydrogen (secondary N) is 1. The third kappa shape index (κ3) is 3.83. The van der Waals surface area contributed by atoms with E-state index < -0.39 is 6.61 Å². The van der Waals surface area contributed by atoms with Gasteiger partial charge in [-0.3, -0.25) is 0 Å². The molecular formula is C15H20ClF2NO. The highest BCUT2D eigenvalue weighted by molar-refractivity contribution is 6.30. The van der Waals surface area contributed by atoms with E-state index in [0.717, 1.165) is 6.42 Å². The number of rotatable bonds is 5. The quantitative estimate of drug-likeness (QED) is 0.867. The van der Waals surface area contributed by atoms with Crippen molar-refractivity contribution in [2.75, 3.05) is 0 Å². The van der Waals surface area contributed by atoms with Gasteiger partial charge in [-0.05, 0) is 42.9 Å². The number of ether oxygens (including phenoxy) is 1. The summed E-state index contributed by atoms with van der Waals surface area (Å²) in [5.74, 6) is 1.48. The normalized spacial score (nSPS) is 26.2. The molecule has 1 aliphatic rings. The van der Waals surface area contributed by atoms with Crippen molar-refractivity contribution in [1.29, 1.82) is 0 Å². The summed E-state index contributed by atoms with van der Waals surface area (Å²) in [5, 5.41) is 3.96. The first kappa shape index (κ1) is 15.5. The van der Waals surface area contributed by atoms with E-state index >= 15 is 0 Å². The van der Waals surface area contributed by atoms with Crippen LogP contribution in [0.25, 0.3) is 0 Å². The van der Waals surface area contributed by atoms with E-state index in [2.05, 4.69) is 23.9 Å². The first-order valence-electron chi connectivity index (χ1n) is 6.94. The molecule has 2 nitrogen and oxygen atoms in total. The zero-order chi connectivity index (χ0) is 14.7. The van der Waals surface area contributed by atoms with Crippen molar-refractivity contribution in [3.8, 4) is 5.75 Å². The highest BCUT2D eigenvalue weighted by atomic mass is 35.5. The number of hydrogen-bond donors (Lipinski definition) is 1. The average Bonchev–Trinajstić information content (AvgIpc) is 2.70. The molecule has 0 amide bonds. The van der Waals surface area contributed by atoms with Crippen molar-refractivity contribution in [1.82, 2.24) is 5.32 Å². The van der Waals surface area contributed by atoms with E-state index in [-0.39, 0.29) is 5.75 Å². The number of hydrogen-bond acceptors (Lipinski definition) is 2. The lowest BCUT2D eigenvalue weighted by Gasteiger charge is -2.20. The van der Waals surface area contributed by atoms with Crippen molar-refractivity contribution < 1.29 is 13.5 Å². The van der Waals surface area contributed by atoms with Crippen LogP contribution in [0.15, 0.2) is 18.2 Å². The summed E-state index contributed by atoms with van der Waals surface area (Å²) in [6.45, 7) is 2.14. The first-order chi connectivity index (χ1) is 9.47. The molecule has 0 heterocycles. The van der Waals surface area contributed by atoms with Crippen LogP contribution in [0.5, 0.6) is 5.75 Å². The van der Waals surface area contributed by atoms with E-state index in [1.165, 1.54) is 12.5 Å². The Balaban J connectivity index is 2.02. The monoisotopic (exact) mass is 303 g/mol. The molecular weight excluding hydrogens is 284 g/mol. The van der Waals surface area contributed by atoms with Gasteiger partial charge in [0.25, 0.3) is 0 Å². The Morgan fingerprint density at radius 3 is 2.70 bits per heavy atom. The van der Waals surface area contributed by atoms with Gasteiger partial charge in [-0.2, -0.15) is 8.78 Å². The minimum absolute atomic E-state index is 0.190. The zero-order valence-corrected chi connectivity index (χ0v) is 12.5. The van der Waals surface area contributed by atoms with E-state index in [9.17, 15) is 8.78 Å². The van der Waals surface area contributed by atoms with Gasteiger partial charge in [0.2, 0.25) is 0 Å². The van der Waals surface area contributed by atoms with Crippen LogP contribution < -0.4 is 10.1 Å². The lowest BCUT2D eigenvalue weighted by Crippen LogP contribution is -2.32. The molecule has 112 valence electrons. The average molecular weight is 304 g/mol. The molecule has 1 aliphatic carbocycles. The second-order valence-corrected chi connectivity index (χ2v) is 5.97.